The summed E-state index contributed by atoms with van der Waals surface area (Å²) in [5, 5.41) is 11.4. The van der Waals surface area contributed by atoms with E-state index in [1.807, 2.05) is 19.9 Å². The fraction of sp³-hybridized carbons (Fsp3) is 0.259. The number of hydrogen-bond acceptors (Lipinski definition) is 8. The zero-order chi connectivity index (χ0) is 26.0. The predicted molar refractivity (Wildman–Crippen MR) is 136 cm³/mol. The second-order valence-corrected chi connectivity index (χ2v) is 9.69. The zero-order valence-corrected chi connectivity index (χ0v) is 21.2. The number of amides is 1. The third-order valence-electron chi connectivity index (χ3n) is 5.63. The van der Waals surface area contributed by atoms with Crippen molar-refractivity contribution >= 4 is 39.9 Å². The highest BCUT2D eigenvalue weighted by Crippen LogP contribution is 2.43. The van der Waals surface area contributed by atoms with E-state index in [9.17, 15) is 19.5 Å². The molecule has 4 rings (SSSR count). The second kappa shape index (κ2) is 10.3. The molecule has 0 radical (unpaired) electrons. The number of ether oxygens (including phenoxy) is 2. The first-order valence-corrected chi connectivity index (χ1v) is 12.2. The number of Topliss-reactive ketones (excluding diaryl/α,β-unsaturated/α-hetero) is 1. The van der Waals surface area contributed by atoms with Crippen LogP contribution in [0.25, 0.3) is 5.76 Å². The summed E-state index contributed by atoms with van der Waals surface area (Å²) < 4.78 is 10.5. The Labute approximate surface area is 212 Å². The lowest BCUT2D eigenvalue weighted by Crippen LogP contribution is -2.29. The zero-order valence-electron chi connectivity index (χ0n) is 20.3. The molecule has 9 heteroatoms. The number of carbonyl (C=O) groups excluding carboxylic acids is 3. The monoisotopic (exact) mass is 506 g/mol. The van der Waals surface area contributed by atoms with Crippen LogP contribution < -0.4 is 9.64 Å². The smallest absolute Gasteiger partial charge is 0.350 e. The van der Waals surface area contributed by atoms with Crippen LogP contribution in [0.4, 0.5) is 5.13 Å². The Kier molecular flexibility index (Phi) is 7.21. The molecule has 1 atom stereocenters. The average molecular weight is 507 g/mol. The molecular formula is C27H26N2O6S. The Morgan fingerprint density at radius 2 is 1.78 bits per heavy atom. The van der Waals surface area contributed by atoms with Crippen LogP contribution in [0.2, 0.25) is 0 Å². The minimum Gasteiger partial charge on any atom is -0.507 e. The van der Waals surface area contributed by atoms with Crippen LogP contribution in [-0.4, -0.2) is 41.5 Å². The van der Waals surface area contributed by atoms with Gasteiger partial charge in [-0.1, -0.05) is 55.5 Å². The normalized spacial score (nSPS) is 17.0. The first-order valence-electron chi connectivity index (χ1n) is 11.4. The SMILES string of the molecule is COC(=O)c1sc(N2C(=O)C(=O)/C(=C(/O)c3ccc(OCC(C)C)cc3)C2c2ccccc2)nc1C. The topological polar surface area (TPSA) is 106 Å². The molecule has 2 heterocycles. The minimum absolute atomic E-state index is 0.0606. The molecule has 0 bridgehead atoms. The summed E-state index contributed by atoms with van der Waals surface area (Å²) >= 11 is 0.959. The third kappa shape index (κ3) is 4.74. The van der Waals surface area contributed by atoms with E-state index in [0.29, 0.717) is 35.1 Å². The van der Waals surface area contributed by atoms with Crippen LogP contribution in [0, 0.1) is 12.8 Å². The number of benzene rings is 2. The Morgan fingerprint density at radius 1 is 1.11 bits per heavy atom. The molecule has 36 heavy (non-hydrogen) atoms. The van der Waals surface area contributed by atoms with Gasteiger partial charge in [0.15, 0.2) is 5.13 Å². The Balaban J connectivity index is 1.81. The lowest BCUT2D eigenvalue weighted by atomic mass is 9.95. The van der Waals surface area contributed by atoms with Crippen molar-refractivity contribution in [2.75, 3.05) is 18.6 Å². The molecule has 0 saturated carbocycles. The van der Waals surface area contributed by atoms with Gasteiger partial charge < -0.3 is 14.6 Å². The summed E-state index contributed by atoms with van der Waals surface area (Å²) in [6, 6.07) is 14.7. The van der Waals surface area contributed by atoms with E-state index in [2.05, 4.69) is 4.98 Å². The van der Waals surface area contributed by atoms with Crippen molar-refractivity contribution in [1.29, 1.82) is 0 Å². The fourth-order valence-corrected chi connectivity index (χ4v) is 4.89. The highest BCUT2D eigenvalue weighted by atomic mass is 32.1. The first kappa shape index (κ1) is 25.1. The van der Waals surface area contributed by atoms with Gasteiger partial charge in [0.05, 0.1) is 31.0 Å². The van der Waals surface area contributed by atoms with Gasteiger partial charge in [0.25, 0.3) is 5.78 Å². The predicted octanol–water partition coefficient (Wildman–Crippen LogP) is 4.90. The summed E-state index contributed by atoms with van der Waals surface area (Å²) in [5.41, 5.74) is 1.31. The molecule has 1 saturated heterocycles. The van der Waals surface area contributed by atoms with Gasteiger partial charge in [-0.3, -0.25) is 14.5 Å². The number of aryl methyl sites for hydroxylation is 1. The number of hydrogen-bond donors (Lipinski definition) is 1. The van der Waals surface area contributed by atoms with Crippen LogP contribution in [0.5, 0.6) is 5.75 Å². The number of aliphatic hydroxyl groups excluding tert-OH is 1. The number of methoxy groups -OCH3 is 1. The molecule has 0 spiro atoms. The van der Waals surface area contributed by atoms with Crippen molar-refractivity contribution in [3.8, 4) is 5.75 Å². The molecule has 1 amide bonds. The van der Waals surface area contributed by atoms with E-state index < -0.39 is 23.7 Å². The number of carbonyl (C=O) groups is 3. The van der Waals surface area contributed by atoms with Gasteiger partial charge in [0, 0.05) is 5.56 Å². The van der Waals surface area contributed by atoms with Crippen LogP contribution in [0.15, 0.2) is 60.2 Å². The van der Waals surface area contributed by atoms with Crippen molar-refractivity contribution in [3.63, 3.8) is 0 Å². The molecule has 1 aromatic heterocycles. The highest BCUT2D eigenvalue weighted by Gasteiger charge is 2.48. The molecule has 0 aliphatic carbocycles. The van der Waals surface area contributed by atoms with Gasteiger partial charge in [-0.05, 0) is 42.7 Å². The molecular weight excluding hydrogens is 480 g/mol. The summed E-state index contributed by atoms with van der Waals surface area (Å²) in [6.07, 6.45) is 0. The molecule has 1 fully saturated rings. The van der Waals surface area contributed by atoms with E-state index in [1.165, 1.54) is 12.0 Å². The molecule has 1 aliphatic rings. The molecule has 1 unspecified atom stereocenters. The molecule has 186 valence electrons. The average Bonchev–Trinajstić information content (AvgIpc) is 3.39. The number of anilines is 1. The third-order valence-corrected chi connectivity index (χ3v) is 6.77. The number of nitrogens with zero attached hydrogens (tertiary/aromatic N) is 2. The lowest BCUT2D eigenvalue weighted by molar-refractivity contribution is -0.132. The largest absolute Gasteiger partial charge is 0.507 e. The number of ketones is 1. The van der Waals surface area contributed by atoms with Gasteiger partial charge >= 0.3 is 11.9 Å². The summed E-state index contributed by atoms with van der Waals surface area (Å²) in [4.78, 5) is 44.5. The molecule has 2 aromatic carbocycles. The Morgan fingerprint density at radius 3 is 2.39 bits per heavy atom. The van der Waals surface area contributed by atoms with Crippen LogP contribution in [0.1, 0.15) is 46.4 Å². The molecule has 3 aromatic rings. The van der Waals surface area contributed by atoms with E-state index in [0.717, 1.165) is 11.3 Å². The Hall–Kier alpha value is -3.98. The van der Waals surface area contributed by atoms with Gasteiger partial charge in [0.2, 0.25) is 0 Å². The number of aromatic nitrogens is 1. The molecule has 1 aliphatic heterocycles. The van der Waals surface area contributed by atoms with Crippen molar-refractivity contribution < 1.29 is 29.0 Å². The van der Waals surface area contributed by atoms with Crippen LogP contribution >= 0.6 is 11.3 Å². The van der Waals surface area contributed by atoms with Gasteiger partial charge in [-0.2, -0.15) is 0 Å². The summed E-state index contributed by atoms with van der Waals surface area (Å²) in [7, 11) is 1.26. The van der Waals surface area contributed by atoms with Crippen molar-refractivity contribution in [2.24, 2.45) is 5.92 Å². The maximum Gasteiger partial charge on any atom is 0.350 e. The number of rotatable bonds is 7. The van der Waals surface area contributed by atoms with Gasteiger partial charge in [0.1, 0.15) is 16.4 Å². The maximum atomic E-state index is 13.3. The number of esters is 1. The fourth-order valence-electron chi connectivity index (χ4n) is 3.88. The van der Waals surface area contributed by atoms with E-state index in [-0.39, 0.29) is 21.3 Å². The summed E-state index contributed by atoms with van der Waals surface area (Å²) in [6.45, 7) is 6.26. The number of aliphatic hydroxyl groups is 1. The Bertz CT molecular complexity index is 1330. The van der Waals surface area contributed by atoms with Crippen LogP contribution in [0.3, 0.4) is 0 Å². The van der Waals surface area contributed by atoms with E-state index >= 15 is 0 Å². The van der Waals surface area contributed by atoms with Gasteiger partial charge in [-0.15, -0.1) is 0 Å². The summed E-state index contributed by atoms with van der Waals surface area (Å²) in [5.74, 6) is -1.57. The standard InChI is InChI=1S/C27H26N2O6S/c1-15(2)14-35-19-12-10-18(11-13-19)22(30)20-21(17-8-6-5-7-9-17)29(25(32)23(20)31)27-28-16(3)24(36-27)26(33)34-4/h5-13,15,21,30H,14H2,1-4H3/b22-20+. The maximum absolute atomic E-state index is 13.3. The lowest BCUT2D eigenvalue weighted by Gasteiger charge is -2.23. The second-order valence-electron chi connectivity index (χ2n) is 8.71. The highest BCUT2D eigenvalue weighted by molar-refractivity contribution is 7.17. The van der Waals surface area contributed by atoms with Crippen molar-refractivity contribution in [2.45, 2.75) is 26.8 Å². The molecule has 1 N–H and O–H groups in total. The van der Waals surface area contributed by atoms with E-state index in [1.54, 1.807) is 55.5 Å². The van der Waals surface area contributed by atoms with E-state index in [4.69, 9.17) is 9.47 Å². The number of thiazole rings is 1. The first-order chi connectivity index (χ1) is 17.2. The molecule has 8 nitrogen and oxygen atoms in total. The van der Waals surface area contributed by atoms with Crippen LogP contribution in [-0.2, 0) is 14.3 Å². The minimum atomic E-state index is -0.931. The van der Waals surface area contributed by atoms with Crippen molar-refractivity contribution in [3.05, 3.63) is 81.9 Å². The van der Waals surface area contributed by atoms with Crippen molar-refractivity contribution in [1.82, 2.24) is 4.98 Å². The quantitative estimate of drug-likeness (QED) is 0.210. The van der Waals surface area contributed by atoms with Gasteiger partial charge in [-0.25, -0.2) is 9.78 Å².